The van der Waals surface area contributed by atoms with E-state index in [2.05, 4.69) is 9.57 Å². The molecule has 0 N–H and O–H groups in total. The third-order valence-electron chi connectivity index (χ3n) is 2.06. The van der Waals surface area contributed by atoms with Gasteiger partial charge in [-0.25, -0.2) is 18.0 Å². The van der Waals surface area contributed by atoms with Gasteiger partial charge in [-0.3, -0.25) is 4.84 Å². The Morgan fingerprint density at radius 2 is 1.71 bits per heavy atom. The molecule has 116 valence electrons. The quantitative estimate of drug-likeness (QED) is 0.265. The van der Waals surface area contributed by atoms with Gasteiger partial charge in [-0.2, -0.15) is 8.78 Å². The zero-order chi connectivity index (χ0) is 16.2. The van der Waals surface area contributed by atoms with E-state index in [1.807, 2.05) is 0 Å². The molecular weight excluding hydrogens is 309 g/mol. The molecule has 21 heavy (non-hydrogen) atoms. The van der Waals surface area contributed by atoms with Gasteiger partial charge in [0.1, 0.15) is 0 Å². The lowest BCUT2D eigenvalue weighted by Gasteiger charge is -2.18. The van der Waals surface area contributed by atoms with Gasteiger partial charge in [-0.1, -0.05) is 12.1 Å². The summed E-state index contributed by atoms with van der Waals surface area (Å²) in [5.74, 6) is -9.34. The number of rotatable bonds is 6. The monoisotopic (exact) mass is 315 g/mol. The van der Waals surface area contributed by atoms with Gasteiger partial charge in [0.2, 0.25) is 6.17 Å². The normalized spacial score (nSPS) is 12.9. The third kappa shape index (κ3) is 4.00. The van der Waals surface area contributed by atoms with Crippen molar-refractivity contribution in [2.75, 3.05) is 0 Å². The molecule has 0 aliphatic carbocycles. The van der Waals surface area contributed by atoms with Crippen LogP contribution in [0.4, 0.5) is 22.0 Å². The van der Waals surface area contributed by atoms with E-state index in [-0.39, 0.29) is 0 Å². The van der Waals surface area contributed by atoms with Crippen LogP contribution in [0.3, 0.4) is 0 Å². The van der Waals surface area contributed by atoms with Crippen molar-refractivity contribution in [1.82, 2.24) is 0 Å². The summed E-state index contributed by atoms with van der Waals surface area (Å²) >= 11 is 0. The second kappa shape index (κ2) is 6.33. The van der Waals surface area contributed by atoms with Crippen LogP contribution in [0.25, 0.3) is 0 Å². The minimum Gasteiger partial charge on any atom is -0.420 e. The highest BCUT2D eigenvalue weighted by atomic mass is 19.3. The fourth-order valence-corrected chi connectivity index (χ4v) is 1.13. The molecule has 6 nitrogen and oxygen atoms in total. The maximum Gasteiger partial charge on any atom is 0.385 e. The standard InChI is InChI=1S/C10H6F5NO5/c11-7(8(12)13)10(14,15)9(17)20-5-3-1-2-4-6(5)21-16(18)19/h1-4,7-8H. The molecule has 0 saturated carbocycles. The number of halogens is 5. The SMILES string of the molecule is O=C(Oc1ccccc1O[N+](=O)[O-])C(F)(F)C(F)C(F)F. The summed E-state index contributed by atoms with van der Waals surface area (Å²) in [6.45, 7) is 0. The highest BCUT2D eigenvalue weighted by molar-refractivity contribution is 5.81. The second-order valence-corrected chi connectivity index (χ2v) is 3.51. The van der Waals surface area contributed by atoms with Crippen LogP contribution in [0.1, 0.15) is 0 Å². The summed E-state index contributed by atoms with van der Waals surface area (Å²) in [5.41, 5.74) is 0. The molecule has 0 amide bonds. The Hall–Kier alpha value is -2.46. The number of carbonyl (C=O) groups excluding carboxylic acids is 1. The number of benzene rings is 1. The Morgan fingerprint density at radius 1 is 1.19 bits per heavy atom. The molecule has 0 saturated heterocycles. The highest BCUT2D eigenvalue weighted by Gasteiger charge is 2.54. The summed E-state index contributed by atoms with van der Waals surface area (Å²) in [6.07, 6.45) is -8.19. The van der Waals surface area contributed by atoms with Crippen molar-refractivity contribution in [3.8, 4) is 11.5 Å². The molecule has 1 rings (SSSR count). The Balaban J connectivity index is 2.96. The van der Waals surface area contributed by atoms with Crippen LogP contribution in [-0.4, -0.2) is 29.6 Å². The van der Waals surface area contributed by atoms with Gasteiger partial charge in [0, 0.05) is 0 Å². The zero-order valence-electron chi connectivity index (χ0n) is 9.84. The fraction of sp³-hybridized carbons (Fsp3) is 0.300. The minimum absolute atomic E-state index is 0.737. The Labute approximate surface area is 113 Å². The van der Waals surface area contributed by atoms with E-state index in [0.29, 0.717) is 0 Å². The van der Waals surface area contributed by atoms with Crippen molar-refractivity contribution >= 4 is 5.97 Å². The lowest BCUT2D eigenvalue weighted by Crippen LogP contribution is -2.45. The zero-order valence-corrected chi connectivity index (χ0v) is 9.84. The first-order valence-electron chi connectivity index (χ1n) is 5.10. The number of ether oxygens (including phenoxy) is 1. The van der Waals surface area contributed by atoms with Crippen LogP contribution in [0, 0.1) is 10.1 Å². The maximum absolute atomic E-state index is 13.0. The number of carbonyl (C=O) groups is 1. The molecular formula is C10H6F5NO5. The summed E-state index contributed by atoms with van der Waals surface area (Å²) in [4.78, 5) is 25.1. The van der Waals surface area contributed by atoms with E-state index in [1.165, 1.54) is 6.07 Å². The molecule has 1 aromatic carbocycles. The first kappa shape index (κ1) is 16.6. The molecule has 0 spiro atoms. The average Bonchev–Trinajstić information content (AvgIpc) is 2.39. The number of esters is 1. The summed E-state index contributed by atoms with van der Waals surface area (Å²) in [5, 5.41) is 8.82. The molecule has 0 fully saturated rings. The maximum atomic E-state index is 13.0. The van der Waals surface area contributed by atoms with Crippen molar-refractivity contribution < 1.29 is 41.4 Å². The van der Waals surface area contributed by atoms with Gasteiger partial charge in [-0.05, 0) is 12.1 Å². The fourth-order valence-electron chi connectivity index (χ4n) is 1.13. The highest BCUT2D eigenvalue weighted by Crippen LogP contribution is 2.32. The van der Waals surface area contributed by atoms with E-state index >= 15 is 0 Å². The molecule has 0 aliphatic heterocycles. The Kier molecular flexibility index (Phi) is 5.00. The van der Waals surface area contributed by atoms with Crippen molar-refractivity contribution in [2.45, 2.75) is 18.5 Å². The van der Waals surface area contributed by atoms with E-state index in [1.54, 1.807) is 0 Å². The summed E-state index contributed by atoms with van der Waals surface area (Å²) < 4.78 is 66.5. The third-order valence-corrected chi connectivity index (χ3v) is 2.06. The first-order chi connectivity index (χ1) is 9.66. The Morgan fingerprint density at radius 3 is 2.19 bits per heavy atom. The van der Waals surface area contributed by atoms with E-state index in [4.69, 9.17) is 0 Å². The van der Waals surface area contributed by atoms with E-state index in [9.17, 15) is 36.9 Å². The van der Waals surface area contributed by atoms with E-state index in [0.717, 1.165) is 18.2 Å². The average molecular weight is 315 g/mol. The lowest BCUT2D eigenvalue weighted by atomic mass is 10.2. The van der Waals surface area contributed by atoms with Crippen LogP contribution < -0.4 is 9.57 Å². The van der Waals surface area contributed by atoms with Gasteiger partial charge in [0.05, 0.1) is 0 Å². The number of hydrogen-bond donors (Lipinski definition) is 0. The molecule has 0 aliphatic rings. The molecule has 0 radical (unpaired) electrons. The van der Waals surface area contributed by atoms with Crippen LogP contribution in [0.2, 0.25) is 0 Å². The van der Waals surface area contributed by atoms with Crippen molar-refractivity contribution in [2.24, 2.45) is 0 Å². The van der Waals surface area contributed by atoms with Gasteiger partial charge in [0.15, 0.2) is 11.5 Å². The number of hydrogen-bond acceptors (Lipinski definition) is 5. The van der Waals surface area contributed by atoms with Crippen LogP contribution in [0.5, 0.6) is 11.5 Å². The predicted molar refractivity (Wildman–Crippen MR) is 55.5 cm³/mol. The molecule has 0 bridgehead atoms. The minimum atomic E-state index is -5.13. The van der Waals surface area contributed by atoms with Crippen molar-refractivity contribution in [1.29, 1.82) is 0 Å². The Bertz CT molecular complexity index is 538. The molecule has 1 atom stereocenters. The van der Waals surface area contributed by atoms with Gasteiger partial charge >= 0.3 is 11.9 Å². The molecule has 1 aromatic rings. The topological polar surface area (TPSA) is 78.7 Å². The van der Waals surface area contributed by atoms with Crippen LogP contribution >= 0.6 is 0 Å². The molecule has 0 aromatic heterocycles. The first-order valence-corrected chi connectivity index (χ1v) is 5.10. The van der Waals surface area contributed by atoms with Gasteiger partial charge < -0.3 is 4.74 Å². The number of para-hydroxylation sites is 2. The van der Waals surface area contributed by atoms with E-state index < -0.39 is 41.1 Å². The molecule has 0 heterocycles. The molecule has 1 unspecified atom stereocenters. The number of nitrogens with zero attached hydrogens (tertiary/aromatic N) is 1. The summed E-state index contributed by atoms with van der Waals surface area (Å²) in [6, 6.07) is 4.03. The van der Waals surface area contributed by atoms with Crippen molar-refractivity contribution in [3.63, 3.8) is 0 Å². The van der Waals surface area contributed by atoms with Crippen LogP contribution in [-0.2, 0) is 4.79 Å². The lowest BCUT2D eigenvalue weighted by molar-refractivity contribution is -0.711. The summed E-state index contributed by atoms with van der Waals surface area (Å²) in [7, 11) is 0. The predicted octanol–water partition coefficient (Wildman–Crippen LogP) is 2.40. The largest absolute Gasteiger partial charge is 0.420 e. The van der Waals surface area contributed by atoms with Crippen molar-refractivity contribution in [3.05, 3.63) is 34.4 Å². The van der Waals surface area contributed by atoms with Gasteiger partial charge in [-0.15, -0.1) is 10.1 Å². The van der Waals surface area contributed by atoms with Crippen LogP contribution in [0.15, 0.2) is 24.3 Å². The smallest absolute Gasteiger partial charge is 0.385 e. The second-order valence-electron chi connectivity index (χ2n) is 3.51. The number of alkyl halides is 5. The van der Waals surface area contributed by atoms with Gasteiger partial charge in [0.25, 0.3) is 11.5 Å². The molecule has 11 heteroatoms.